The SMILES string of the molecule is O=C(C=C(O)c1cnccn1)c1ccc(Cc2ccc(F)cc2)o1. The predicted octanol–water partition coefficient (Wildman–Crippen LogP) is 3.58. The van der Waals surface area contributed by atoms with Crippen molar-refractivity contribution in [2.45, 2.75) is 6.42 Å². The van der Waals surface area contributed by atoms with Gasteiger partial charge in [0.25, 0.3) is 0 Å². The number of benzene rings is 1. The number of rotatable bonds is 5. The summed E-state index contributed by atoms with van der Waals surface area (Å²) in [7, 11) is 0. The second-order valence-electron chi connectivity index (χ2n) is 5.05. The van der Waals surface area contributed by atoms with Gasteiger partial charge in [0.15, 0.2) is 5.76 Å². The molecule has 0 aliphatic heterocycles. The highest BCUT2D eigenvalue weighted by Crippen LogP contribution is 2.16. The number of furan rings is 1. The van der Waals surface area contributed by atoms with Gasteiger partial charge in [-0.1, -0.05) is 12.1 Å². The maximum Gasteiger partial charge on any atom is 0.224 e. The first-order valence-corrected chi connectivity index (χ1v) is 7.16. The molecule has 0 spiro atoms. The van der Waals surface area contributed by atoms with E-state index >= 15 is 0 Å². The van der Waals surface area contributed by atoms with E-state index in [9.17, 15) is 14.3 Å². The van der Waals surface area contributed by atoms with Gasteiger partial charge in [0, 0.05) is 24.9 Å². The van der Waals surface area contributed by atoms with E-state index in [0.29, 0.717) is 12.2 Å². The molecule has 0 fully saturated rings. The van der Waals surface area contributed by atoms with Gasteiger partial charge < -0.3 is 9.52 Å². The summed E-state index contributed by atoms with van der Waals surface area (Å²) < 4.78 is 18.4. The monoisotopic (exact) mass is 324 g/mol. The van der Waals surface area contributed by atoms with Gasteiger partial charge in [0.2, 0.25) is 5.78 Å². The van der Waals surface area contributed by atoms with Crippen molar-refractivity contribution in [2.24, 2.45) is 0 Å². The Labute approximate surface area is 137 Å². The smallest absolute Gasteiger partial charge is 0.224 e. The summed E-state index contributed by atoms with van der Waals surface area (Å²) in [5, 5.41) is 9.88. The molecule has 6 heteroatoms. The van der Waals surface area contributed by atoms with Crippen LogP contribution in [0.3, 0.4) is 0 Å². The molecule has 2 aromatic heterocycles. The zero-order valence-corrected chi connectivity index (χ0v) is 12.5. The average Bonchev–Trinajstić information content (AvgIpc) is 3.06. The summed E-state index contributed by atoms with van der Waals surface area (Å²) in [6, 6.07) is 9.24. The summed E-state index contributed by atoms with van der Waals surface area (Å²) in [4.78, 5) is 19.8. The first kappa shape index (κ1) is 15.6. The Hall–Kier alpha value is -3.28. The van der Waals surface area contributed by atoms with Crippen LogP contribution >= 0.6 is 0 Å². The van der Waals surface area contributed by atoms with E-state index in [0.717, 1.165) is 11.6 Å². The summed E-state index contributed by atoms with van der Waals surface area (Å²) in [6.07, 6.45) is 5.70. The molecular weight excluding hydrogens is 311 g/mol. The molecule has 0 unspecified atom stereocenters. The maximum atomic E-state index is 12.9. The molecule has 0 aliphatic rings. The van der Waals surface area contributed by atoms with Crippen molar-refractivity contribution in [1.82, 2.24) is 9.97 Å². The van der Waals surface area contributed by atoms with Gasteiger partial charge in [0.05, 0.1) is 6.20 Å². The maximum absolute atomic E-state index is 12.9. The molecule has 2 heterocycles. The number of aliphatic hydroxyl groups is 1. The average molecular weight is 324 g/mol. The number of hydrogen-bond acceptors (Lipinski definition) is 5. The quantitative estimate of drug-likeness (QED) is 0.441. The van der Waals surface area contributed by atoms with E-state index in [4.69, 9.17) is 4.42 Å². The van der Waals surface area contributed by atoms with Gasteiger partial charge in [-0.25, -0.2) is 9.37 Å². The summed E-state index contributed by atoms with van der Waals surface area (Å²) in [6.45, 7) is 0. The fraction of sp³-hybridized carbons (Fsp3) is 0.0556. The largest absolute Gasteiger partial charge is 0.505 e. The molecule has 0 saturated heterocycles. The molecule has 0 radical (unpaired) electrons. The van der Waals surface area contributed by atoms with Crippen molar-refractivity contribution in [3.05, 3.63) is 89.7 Å². The summed E-state index contributed by atoms with van der Waals surface area (Å²) in [5.74, 6) is -0.410. The molecule has 5 nitrogen and oxygen atoms in total. The highest BCUT2D eigenvalue weighted by Gasteiger charge is 2.12. The van der Waals surface area contributed by atoms with E-state index in [1.807, 2.05) is 0 Å². The molecule has 120 valence electrons. The normalized spacial score (nSPS) is 11.5. The zero-order chi connectivity index (χ0) is 16.9. The highest BCUT2D eigenvalue weighted by atomic mass is 19.1. The number of carbonyl (C=O) groups is 1. The Morgan fingerprint density at radius 1 is 1.17 bits per heavy atom. The van der Waals surface area contributed by atoms with Crippen LogP contribution in [0.15, 0.2) is 65.5 Å². The van der Waals surface area contributed by atoms with Crippen molar-refractivity contribution in [3.8, 4) is 0 Å². The lowest BCUT2D eigenvalue weighted by Crippen LogP contribution is -1.96. The number of carbonyl (C=O) groups excluding carboxylic acids is 1. The van der Waals surface area contributed by atoms with Crippen LogP contribution in [0.5, 0.6) is 0 Å². The fourth-order valence-corrected chi connectivity index (χ4v) is 2.11. The number of allylic oxidation sites excluding steroid dienone is 1. The lowest BCUT2D eigenvalue weighted by molar-refractivity contribution is 0.101. The van der Waals surface area contributed by atoms with Crippen LogP contribution in [-0.2, 0) is 6.42 Å². The Kier molecular flexibility index (Phi) is 4.47. The minimum Gasteiger partial charge on any atom is -0.505 e. The zero-order valence-electron chi connectivity index (χ0n) is 12.5. The summed E-state index contributed by atoms with van der Waals surface area (Å²) in [5.41, 5.74) is 1.06. The fourth-order valence-electron chi connectivity index (χ4n) is 2.11. The Bertz CT molecular complexity index is 871. The number of nitrogens with zero attached hydrogens (tertiary/aromatic N) is 2. The molecule has 1 N–H and O–H groups in total. The Morgan fingerprint density at radius 2 is 1.96 bits per heavy atom. The molecule has 0 amide bonds. The van der Waals surface area contributed by atoms with Crippen LogP contribution < -0.4 is 0 Å². The number of aliphatic hydroxyl groups excluding tert-OH is 1. The molecular formula is C18H13FN2O3. The van der Waals surface area contributed by atoms with Crippen molar-refractivity contribution in [3.63, 3.8) is 0 Å². The predicted molar refractivity (Wildman–Crippen MR) is 84.9 cm³/mol. The van der Waals surface area contributed by atoms with Crippen LogP contribution in [0.2, 0.25) is 0 Å². The van der Waals surface area contributed by atoms with Gasteiger partial charge in [-0.15, -0.1) is 0 Å². The third kappa shape index (κ3) is 3.73. The molecule has 0 atom stereocenters. The third-order valence-corrected chi connectivity index (χ3v) is 3.29. The van der Waals surface area contributed by atoms with Gasteiger partial charge in [-0.3, -0.25) is 9.78 Å². The van der Waals surface area contributed by atoms with Crippen molar-refractivity contribution in [2.75, 3.05) is 0 Å². The van der Waals surface area contributed by atoms with Crippen molar-refractivity contribution >= 4 is 11.5 Å². The van der Waals surface area contributed by atoms with Crippen LogP contribution in [0.1, 0.15) is 27.6 Å². The Morgan fingerprint density at radius 3 is 2.67 bits per heavy atom. The van der Waals surface area contributed by atoms with Crippen LogP contribution in [0.25, 0.3) is 5.76 Å². The van der Waals surface area contributed by atoms with Crippen molar-refractivity contribution in [1.29, 1.82) is 0 Å². The minimum atomic E-state index is -0.483. The second kappa shape index (κ2) is 6.87. The molecule has 24 heavy (non-hydrogen) atoms. The van der Waals surface area contributed by atoms with E-state index in [2.05, 4.69) is 9.97 Å². The molecule has 1 aromatic carbocycles. The molecule has 0 aliphatic carbocycles. The van der Waals surface area contributed by atoms with Crippen LogP contribution in [0, 0.1) is 5.82 Å². The topological polar surface area (TPSA) is 76.2 Å². The number of hydrogen-bond donors (Lipinski definition) is 1. The molecule has 0 saturated carbocycles. The van der Waals surface area contributed by atoms with Crippen LogP contribution in [0.4, 0.5) is 4.39 Å². The highest BCUT2D eigenvalue weighted by molar-refractivity contribution is 6.05. The van der Waals surface area contributed by atoms with E-state index < -0.39 is 5.78 Å². The third-order valence-electron chi connectivity index (χ3n) is 3.29. The van der Waals surface area contributed by atoms with E-state index in [-0.39, 0.29) is 23.0 Å². The standard InChI is InChI=1S/C18H13FN2O3/c19-13-3-1-12(2-4-13)9-14-5-6-18(24-14)17(23)10-16(22)15-11-20-7-8-21-15/h1-8,10-11,22H,9H2. The first-order chi connectivity index (χ1) is 11.6. The number of ketones is 1. The lowest BCUT2D eigenvalue weighted by Gasteiger charge is -1.99. The number of aromatic nitrogens is 2. The molecule has 3 aromatic rings. The van der Waals surface area contributed by atoms with Gasteiger partial charge in [0.1, 0.15) is 23.0 Å². The molecule has 3 rings (SSSR count). The van der Waals surface area contributed by atoms with Gasteiger partial charge >= 0.3 is 0 Å². The molecule has 0 bridgehead atoms. The Balaban J connectivity index is 1.73. The van der Waals surface area contributed by atoms with Gasteiger partial charge in [-0.05, 0) is 29.8 Å². The van der Waals surface area contributed by atoms with Crippen LogP contribution in [-0.4, -0.2) is 20.9 Å². The van der Waals surface area contributed by atoms with Gasteiger partial charge in [-0.2, -0.15) is 0 Å². The number of halogens is 1. The minimum absolute atomic E-state index is 0.0996. The lowest BCUT2D eigenvalue weighted by atomic mass is 10.1. The van der Waals surface area contributed by atoms with E-state index in [1.54, 1.807) is 18.2 Å². The summed E-state index contributed by atoms with van der Waals surface area (Å²) >= 11 is 0. The first-order valence-electron chi connectivity index (χ1n) is 7.16. The van der Waals surface area contributed by atoms with E-state index in [1.165, 1.54) is 36.8 Å². The van der Waals surface area contributed by atoms with Crippen molar-refractivity contribution < 1.29 is 18.7 Å². The second-order valence-corrected chi connectivity index (χ2v) is 5.05.